The summed E-state index contributed by atoms with van der Waals surface area (Å²) in [5, 5.41) is 56.4. The lowest BCUT2D eigenvalue weighted by Gasteiger charge is -2.54. The van der Waals surface area contributed by atoms with E-state index < -0.39 is 62.7 Å². The molecule has 1 heterocycles. The Bertz CT molecular complexity index is 250. The van der Waals surface area contributed by atoms with Gasteiger partial charge < -0.3 is 30.6 Å². The van der Waals surface area contributed by atoms with Crippen LogP contribution in [0.25, 0.3) is 0 Å². The molecule has 0 spiro atoms. The molecule has 2 atom stereocenters. The monoisotopic (exact) mass is 268 g/mol. The van der Waals surface area contributed by atoms with Crippen LogP contribution in [-0.2, 0) is 9.78 Å². The summed E-state index contributed by atoms with van der Waals surface area (Å²) in [5.41, 5.74) is -3.29. The molecule has 0 amide bonds. The van der Waals surface area contributed by atoms with Gasteiger partial charge in [-0.05, 0) is 0 Å². The maximum absolute atomic E-state index is 9.54. The van der Waals surface area contributed by atoms with Crippen molar-refractivity contribution in [2.24, 2.45) is 11.3 Å². The van der Waals surface area contributed by atoms with Gasteiger partial charge in [0.25, 0.3) is 0 Å². The first kappa shape index (κ1) is 15.7. The van der Waals surface area contributed by atoms with Gasteiger partial charge in [0, 0.05) is 12.5 Å². The third-order valence-electron chi connectivity index (χ3n) is 3.85. The van der Waals surface area contributed by atoms with Crippen LogP contribution in [0, 0.1) is 11.3 Å². The lowest BCUT2D eigenvalue weighted by Crippen LogP contribution is -2.69. The number of hydrogen-bond acceptors (Lipinski definition) is 8. The van der Waals surface area contributed by atoms with E-state index >= 15 is 0 Å². The highest BCUT2D eigenvalue weighted by Gasteiger charge is 2.62. The summed E-state index contributed by atoms with van der Waals surface area (Å²) in [6.07, 6.45) is -0.972. The molecule has 0 aromatic heterocycles. The van der Waals surface area contributed by atoms with Gasteiger partial charge in [0.2, 0.25) is 0 Å². The Hall–Kier alpha value is -0.320. The van der Waals surface area contributed by atoms with Crippen LogP contribution in [0.4, 0.5) is 0 Å². The van der Waals surface area contributed by atoms with Crippen molar-refractivity contribution in [3.63, 3.8) is 0 Å². The topological polar surface area (TPSA) is 140 Å². The van der Waals surface area contributed by atoms with E-state index in [0.717, 1.165) is 0 Å². The summed E-state index contributed by atoms with van der Waals surface area (Å²) >= 11 is 0. The summed E-state index contributed by atoms with van der Waals surface area (Å²) in [5.74, 6) is -0.898. The lowest BCUT2D eigenvalue weighted by molar-refractivity contribution is -0.474. The van der Waals surface area contributed by atoms with Gasteiger partial charge in [0.05, 0.1) is 38.4 Å². The van der Waals surface area contributed by atoms with Crippen LogP contribution in [0.3, 0.4) is 0 Å². The second-order valence-corrected chi connectivity index (χ2v) is 4.47. The molecular formula is C10H20O8. The van der Waals surface area contributed by atoms with Gasteiger partial charge in [-0.2, -0.15) is 0 Å². The normalized spacial score (nSPS) is 30.3. The molecule has 0 aromatic carbocycles. The van der Waals surface area contributed by atoms with E-state index in [1.165, 1.54) is 0 Å². The second kappa shape index (κ2) is 6.22. The zero-order chi connectivity index (χ0) is 13.8. The van der Waals surface area contributed by atoms with Crippen molar-refractivity contribution in [2.45, 2.75) is 11.7 Å². The van der Waals surface area contributed by atoms with Crippen LogP contribution in [-0.4, -0.2) is 82.0 Å². The molecule has 1 aliphatic heterocycles. The van der Waals surface area contributed by atoms with Gasteiger partial charge in [-0.1, -0.05) is 0 Å². The maximum atomic E-state index is 9.54. The molecule has 0 aromatic rings. The summed E-state index contributed by atoms with van der Waals surface area (Å²) < 4.78 is 0. The molecule has 8 nitrogen and oxygen atoms in total. The summed E-state index contributed by atoms with van der Waals surface area (Å²) in [7, 11) is 0. The van der Waals surface area contributed by atoms with Gasteiger partial charge in [-0.3, -0.25) is 0 Å². The van der Waals surface area contributed by atoms with Crippen molar-refractivity contribution in [1.29, 1.82) is 0 Å². The van der Waals surface area contributed by atoms with Gasteiger partial charge in [0.15, 0.2) is 5.60 Å². The quantitative estimate of drug-likeness (QED) is 0.274. The van der Waals surface area contributed by atoms with Crippen LogP contribution in [0.2, 0.25) is 0 Å². The van der Waals surface area contributed by atoms with Crippen LogP contribution in [0.5, 0.6) is 0 Å². The predicted octanol–water partition coefficient (Wildman–Crippen LogP) is -3.39. The molecule has 2 unspecified atom stereocenters. The van der Waals surface area contributed by atoms with Gasteiger partial charge in [-0.15, -0.1) is 0 Å². The fourth-order valence-corrected chi connectivity index (χ4v) is 2.44. The van der Waals surface area contributed by atoms with Crippen molar-refractivity contribution >= 4 is 0 Å². The third kappa shape index (κ3) is 2.04. The smallest absolute Gasteiger partial charge is 0.160 e. The SMILES string of the molecule is OCC1OOC(CO)(CO)C(CO)(CO)C1CO. The molecule has 0 bridgehead atoms. The van der Waals surface area contributed by atoms with E-state index in [1.54, 1.807) is 0 Å². The third-order valence-corrected chi connectivity index (χ3v) is 3.85. The van der Waals surface area contributed by atoms with Crippen molar-refractivity contribution in [2.75, 3.05) is 39.6 Å². The molecule has 0 aliphatic carbocycles. The van der Waals surface area contributed by atoms with E-state index in [0.29, 0.717) is 0 Å². The van der Waals surface area contributed by atoms with E-state index in [1.807, 2.05) is 0 Å². The summed E-state index contributed by atoms with van der Waals surface area (Å²) in [4.78, 5) is 9.74. The Kier molecular flexibility index (Phi) is 5.44. The molecule has 1 aliphatic rings. The molecular weight excluding hydrogens is 248 g/mol. The highest BCUT2D eigenvalue weighted by Crippen LogP contribution is 2.46. The summed E-state index contributed by atoms with van der Waals surface area (Å²) in [6.45, 7) is -3.78. The van der Waals surface area contributed by atoms with Crippen LogP contribution in [0.15, 0.2) is 0 Å². The zero-order valence-electron chi connectivity index (χ0n) is 9.90. The number of hydrogen-bond donors (Lipinski definition) is 6. The molecule has 6 N–H and O–H groups in total. The number of aliphatic hydroxyl groups excluding tert-OH is 6. The fraction of sp³-hybridized carbons (Fsp3) is 1.00. The van der Waals surface area contributed by atoms with Crippen LogP contribution in [0.1, 0.15) is 0 Å². The maximum Gasteiger partial charge on any atom is 0.160 e. The van der Waals surface area contributed by atoms with E-state index in [-0.39, 0.29) is 0 Å². The first-order chi connectivity index (χ1) is 8.61. The Morgan fingerprint density at radius 1 is 0.778 bits per heavy atom. The minimum Gasteiger partial charge on any atom is -0.396 e. The van der Waals surface area contributed by atoms with Crippen molar-refractivity contribution in [3.8, 4) is 0 Å². The Labute approximate surface area is 104 Å². The Morgan fingerprint density at radius 2 is 1.33 bits per heavy atom. The fourth-order valence-electron chi connectivity index (χ4n) is 2.44. The lowest BCUT2D eigenvalue weighted by atomic mass is 9.62. The largest absolute Gasteiger partial charge is 0.396 e. The van der Waals surface area contributed by atoms with E-state index in [4.69, 9.17) is 14.9 Å². The van der Waals surface area contributed by atoms with Crippen molar-refractivity contribution in [3.05, 3.63) is 0 Å². The second-order valence-electron chi connectivity index (χ2n) is 4.47. The molecule has 0 saturated carbocycles. The molecule has 18 heavy (non-hydrogen) atoms. The first-order valence-electron chi connectivity index (χ1n) is 5.61. The average Bonchev–Trinajstić information content (AvgIpc) is 2.44. The van der Waals surface area contributed by atoms with Crippen LogP contribution < -0.4 is 0 Å². The Morgan fingerprint density at radius 3 is 1.67 bits per heavy atom. The average molecular weight is 268 g/mol. The zero-order valence-corrected chi connectivity index (χ0v) is 9.90. The van der Waals surface area contributed by atoms with Crippen molar-refractivity contribution in [1.82, 2.24) is 0 Å². The van der Waals surface area contributed by atoms with Gasteiger partial charge in [-0.25, -0.2) is 9.78 Å². The number of aliphatic hydroxyl groups is 6. The first-order valence-corrected chi connectivity index (χ1v) is 5.61. The van der Waals surface area contributed by atoms with Gasteiger partial charge >= 0.3 is 0 Å². The molecule has 1 saturated heterocycles. The standard InChI is InChI=1S/C10H20O8/c11-1-7-8(2-12)17-18-10(5-15,6-16)9(7,3-13)4-14/h7-8,11-16H,1-6H2. The Balaban J connectivity index is 3.23. The van der Waals surface area contributed by atoms with Gasteiger partial charge in [0.1, 0.15) is 6.10 Å². The highest BCUT2D eigenvalue weighted by molar-refractivity contribution is 5.06. The molecule has 1 fully saturated rings. The minimum atomic E-state index is -1.75. The van der Waals surface area contributed by atoms with Crippen LogP contribution >= 0.6 is 0 Å². The summed E-state index contributed by atoms with van der Waals surface area (Å²) in [6, 6.07) is 0. The molecule has 108 valence electrons. The molecule has 1 rings (SSSR count). The predicted molar refractivity (Wildman–Crippen MR) is 57.1 cm³/mol. The number of rotatable bonds is 6. The van der Waals surface area contributed by atoms with Crippen molar-refractivity contribution < 1.29 is 40.4 Å². The van der Waals surface area contributed by atoms with E-state index in [9.17, 15) is 25.5 Å². The molecule has 0 radical (unpaired) electrons. The highest BCUT2D eigenvalue weighted by atomic mass is 17.2. The minimum absolute atomic E-state index is 0.500. The van der Waals surface area contributed by atoms with E-state index in [2.05, 4.69) is 0 Å². The molecule has 8 heteroatoms.